The van der Waals surface area contributed by atoms with E-state index in [0.717, 1.165) is 16.9 Å². The number of aromatic nitrogens is 1. The number of halogens is 2. The minimum atomic E-state index is -0.361. The Kier molecular flexibility index (Phi) is 5.49. The minimum Gasteiger partial charge on any atom is -0.354 e. The second-order valence-electron chi connectivity index (χ2n) is 5.82. The molecule has 0 aliphatic rings. The minimum absolute atomic E-state index is 0.0845. The maximum atomic E-state index is 13.2. The van der Waals surface area contributed by atoms with E-state index >= 15 is 0 Å². The third-order valence-electron chi connectivity index (χ3n) is 3.83. The van der Waals surface area contributed by atoms with Crippen molar-refractivity contribution in [3.05, 3.63) is 82.8 Å². The number of nitrogens with zero attached hydrogens (tertiary/aromatic N) is 1. The van der Waals surface area contributed by atoms with Crippen LogP contribution >= 0.6 is 11.6 Å². The summed E-state index contributed by atoms with van der Waals surface area (Å²) in [6, 6.07) is 15.1. The van der Waals surface area contributed by atoms with Gasteiger partial charge in [-0.3, -0.25) is 4.79 Å². The van der Waals surface area contributed by atoms with E-state index < -0.39 is 0 Å². The predicted molar refractivity (Wildman–Crippen MR) is 102 cm³/mol. The van der Waals surface area contributed by atoms with Gasteiger partial charge in [0.15, 0.2) is 0 Å². The lowest BCUT2D eigenvalue weighted by Crippen LogP contribution is -2.15. The number of carbonyl (C=O) groups is 1. The molecule has 2 N–H and O–H groups in total. The van der Waals surface area contributed by atoms with Gasteiger partial charge < -0.3 is 10.6 Å². The van der Waals surface area contributed by atoms with Crippen LogP contribution in [-0.2, 0) is 11.2 Å². The zero-order valence-electron chi connectivity index (χ0n) is 14.1. The van der Waals surface area contributed by atoms with Gasteiger partial charge in [-0.2, -0.15) is 0 Å². The highest BCUT2D eigenvalue weighted by atomic mass is 35.5. The van der Waals surface area contributed by atoms with Crippen molar-refractivity contribution in [1.82, 2.24) is 4.98 Å². The summed E-state index contributed by atoms with van der Waals surface area (Å²) in [5.74, 6) is -0.186. The Labute approximate surface area is 156 Å². The van der Waals surface area contributed by atoms with Crippen molar-refractivity contribution < 1.29 is 9.18 Å². The van der Waals surface area contributed by atoms with Crippen LogP contribution in [0.15, 0.2) is 60.8 Å². The van der Waals surface area contributed by atoms with Crippen LogP contribution in [0.3, 0.4) is 0 Å². The molecule has 0 radical (unpaired) electrons. The standard InChI is InChI=1S/C20H17ClFN3O/c1-13-17(21)6-3-7-18(13)24-16-8-9-19(23-12-16)25-20(26)11-14-4-2-5-15(22)10-14/h2-10,12,24H,11H2,1H3,(H,23,25,26). The number of benzene rings is 2. The van der Waals surface area contributed by atoms with Crippen molar-refractivity contribution >= 4 is 34.7 Å². The average molecular weight is 370 g/mol. The maximum Gasteiger partial charge on any atom is 0.229 e. The molecule has 26 heavy (non-hydrogen) atoms. The van der Waals surface area contributed by atoms with Crippen molar-refractivity contribution in [1.29, 1.82) is 0 Å². The van der Waals surface area contributed by atoms with Gasteiger partial charge in [-0.05, 0) is 54.4 Å². The third-order valence-corrected chi connectivity index (χ3v) is 4.24. The van der Waals surface area contributed by atoms with E-state index in [0.29, 0.717) is 16.4 Å². The van der Waals surface area contributed by atoms with Crippen LogP contribution in [0.1, 0.15) is 11.1 Å². The fourth-order valence-corrected chi connectivity index (χ4v) is 2.63. The zero-order valence-corrected chi connectivity index (χ0v) is 14.8. The van der Waals surface area contributed by atoms with E-state index in [9.17, 15) is 9.18 Å². The molecule has 0 aliphatic heterocycles. The van der Waals surface area contributed by atoms with Gasteiger partial charge in [-0.1, -0.05) is 29.8 Å². The molecule has 3 rings (SSSR count). The molecule has 132 valence electrons. The number of amides is 1. The van der Waals surface area contributed by atoms with Crippen LogP contribution < -0.4 is 10.6 Å². The van der Waals surface area contributed by atoms with Crippen molar-refractivity contribution in [3.63, 3.8) is 0 Å². The molecular weight excluding hydrogens is 353 g/mol. The summed E-state index contributed by atoms with van der Waals surface area (Å²) in [5, 5.41) is 6.62. The first-order chi connectivity index (χ1) is 12.5. The highest BCUT2D eigenvalue weighted by Gasteiger charge is 2.07. The van der Waals surface area contributed by atoms with E-state index in [2.05, 4.69) is 15.6 Å². The fraction of sp³-hybridized carbons (Fsp3) is 0.100. The Balaban J connectivity index is 1.62. The SMILES string of the molecule is Cc1c(Cl)cccc1Nc1ccc(NC(=O)Cc2cccc(F)c2)nc1. The summed E-state index contributed by atoms with van der Waals surface area (Å²) >= 11 is 6.11. The van der Waals surface area contributed by atoms with Crippen molar-refractivity contribution in [3.8, 4) is 0 Å². The van der Waals surface area contributed by atoms with Gasteiger partial charge in [0.2, 0.25) is 5.91 Å². The average Bonchev–Trinajstić information content (AvgIpc) is 2.60. The molecule has 3 aromatic rings. The summed E-state index contributed by atoms with van der Waals surface area (Å²) < 4.78 is 13.2. The molecule has 0 saturated heterocycles. The largest absolute Gasteiger partial charge is 0.354 e. The van der Waals surface area contributed by atoms with E-state index in [1.807, 2.05) is 31.2 Å². The molecule has 0 saturated carbocycles. The second kappa shape index (κ2) is 7.97. The molecule has 4 nitrogen and oxygen atoms in total. The first-order valence-corrected chi connectivity index (χ1v) is 8.41. The van der Waals surface area contributed by atoms with E-state index in [1.54, 1.807) is 24.4 Å². The number of pyridine rings is 1. The highest BCUT2D eigenvalue weighted by Crippen LogP contribution is 2.26. The summed E-state index contributed by atoms with van der Waals surface area (Å²) in [6.07, 6.45) is 1.71. The Morgan fingerprint density at radius 3 is 2.69 bits per heavy atom. The van der Waals surface area contributed by atoms with Crippen molar-refractivity contribution in [2.45, 2.75) is 13.3 Å². The lowest BCUT2D eigenvalue weighted by atomic mass is 10.1. The lowest BCUT2D eigenvalue weighted by molar-refractivity contribution is -0.115. The number of rotatable bonds is 5. The lowest BCUT2D eigenvalue weighted by Gasteiger charge is -2.11. The normalized spacial score (nSPS) is 10.4. The van der Waals surface area contributed by atoms with Gasteiger partial charge in [0.05, 0.1) is 18.3 Å². The third kappa shape index (κ3) is 4.58. The first kappa shape index (κ1) is 17.9. The molecule has 0 atom stereocenters. The van der Waals surface area contributed by atoms with Crippen LogP contribution in [0.4, 0.5) is 21.6 Å². The number of hydrogen-bond acceptors (Lipinski definition) is 3. The van der Waals surface area contributed by atoms with Gasteiger partial charge in [0, 0.05) is 10.7 Å². The molecule has 1 aromatic heterocycles. The Hall–Kier alpha value is -2.92. The molecule has 2 aromatic carbocycles. The topological polar surface area (TPSA) is 54.0 Å². The van der Waals surface area contributed by atoms with Gasteiger partial charge in [0.25, 0.3) is 0 Å². The predicted octanol–water partition coefficient (Wildman–Crippen LogP) is 5.11. The number of hydrogen-bond donors (Lipinski definition) is 2. The van der Waals surface area contributed by atoms with Crippen molar-refractivity contribution in [2.75, 3.05) is 10.6 Å². The molecule has 0 aliphatic carbocycles. The van der Waals surface area contributed by atoms with Crippen LogP contribution in [0.25, 0.3) is 0 Å². The maximum absolute atomic E-state index is 13.2. The van der Waals surface area contributed by atoms with Crippen molar-refractivity contribution in [2.24, 2.45) is 0 Å². The fourth-order valence-electron chi connectivity index (χ4n) is 2.46. The van der Waals surface area contributed by atoms with Gasteiger partial charge >= 0.3 is 0 Å². The Morgan fingerprint density at radius 1 is 1.15 bits per heavy atom. The number of anilines is 3. The van der Waals surface area contributed by atoms with Gasteiger partial charge in [0.1, 0.15) is 11.6 Å². The smallest absolute Gasteiger partial charge is 0.229 e. The molecule has 0 spiro atoms. The van der Waals surface area contributed by atoms with E-state index in [1.165, 1.54) is 12.1 Å². The first-order valence-electron chi connectivity index (χ1n) is 8.04. The second-order valence-corrected chi connectivity index (χ2v) is 6.23. The molecule has 6 heteroatoms. The van der Waals surface area contributed by atoms with Crippen LogP contribution in [0, 0.1) is 12.7 Å². The van der Waals surface area contributed by atoms with Gasteiger partial charge in [-0.15, -0.1) is 0 Å². The summed E-state index contributed by atoms with van der Waals surface area (Å²) in [6.45, 7) is 1.93. The van der Waals surface area contributed by atoms with Crippen LogP contribution in [0.5, 0.6) is 0 Å². The number of carbonyl (C=O) groups excluding carboxylic acids is 1. The molecule has 0 bridgehead atoms. The summed E-state index contributed by atoms with van der Waals surface area (Å²) in [5.41, 5.74) is 3.22. The summed E-state index contributed by atoms with van der Waals surface area (Å²) in [7, 11) is 0. The van der Waals surface area contributed by atoms with E-state index in [4.69, 9.17) is 11.6 Å². The molecule has 0 fully saturated rings. The Bertz CT molecular complexity index is 929. The zero-order chi connectivity index (χ0) is 18.5. The molecular formula is C20H17ClFN3O. The summed E-state index contributed by atoms with van der Waals surface area (Å²) in [4.78, 5) is 16.3. The molecule has 0 unspecified atom stereocenters. The highest BCUT2D eigenvalue weighted by molar-refractivity contribution is 6.31. The number of nitrogens with one attached hydrogen (secondary N) is 2. The van der Waals surface area contributed by atoms with Crippen LogP contribution in [0.2, 0.25) is 5.02 Å². The monoisotopic (exact) mass is 369 g/mol. The van der Waals surface area contributed by atoms with Crippen LogP contribution in [-0.4, -0.2) is 10.9 Å². The van der Waals surface area contributed by atoms with Gasteiger partial charge in [-0.25, -0.2) is 9.37 Å². The molecule has 1 heterocycles. The van der Waals surface area contributed by atoms with E-state index in [-0.39, 0.29) is 18.1 Å². The quantitative estimate of drug-likeness (QED) is 0.657. The Morgan fingerprint density at radius 2 is 1.96 bits per heavy atom. The molecule has 1 amide bonds.